The Hall–Kier alpha value is -1.81. The Bertz CT molecular complexity index is 712. The summed E-state index contributed by atoms with van der Waals surface area (Å²) in [6, 6.07) is 7.76. The minimum absolute atomic E-state index is 0.0369. The molecule has 3 aliphatic carbocycles. The van der Waals surface area contributed by atoms with Gasteiger partial charge >= 0.3 is 0 Å². The van der Waals surface area contributed by atoms with Crippen LogP contribution in [0.5, 0.6) is 0 Å². The Morgan fingerprint density at radius 1 is 1.48 bits per heavy atom. The van der Waals surface area contributed by atoms with Crippen LogP contribution in [0.2, 0.25) is 5.02 Å². The fourth-order valence-electron chi connectivity index (χ4n) is 4.41. The van der Waals surface area contributed by atoms with E-state index in [1.807, 2.05) is 24.3 Å². The fraction of sp³-hybridized carbons (Fsp3) is 0.444. The van der Waals surface area contributed by atoms with Crippen molar-refractivity contribution in [3.8, 4) is 0 Å². The van der Waals surface area contributed by atoms with Gasteiger partial charge in [0.25, 0.3) is 0 Å². The quantitative estimate of drug-likeness (QED) is 0.914. The van der Waals surface area contributed by atoms with E-state index in [0.29, 0.717) is 12.5 Å². The standard InChI is InChI=1S/C18H19ClN2O2/c19-14-3-1-2-12(8-14)5-7-21-17(22)16-13-4-6-18(16,9-13)15-10-20-11-23-15/h1-3,8,10-11,13,16H,4-7,9H2,(H,21,22). The summed E-state index contributed by atoms with van der Waals surface area (Å²) in [6.45, 7) is 0.634. The number of halogens is 1. The van der Waals surface area contributed by atoms with E-state index in [1.165, 1.54) is 6.39 Å². The van der Waals surface area contributed by atoms with Crippen LogP contribution >= 0.6 is 11.6 Å². The van der Waals surface area contributed by atoms with Crippen LogP contribution in [0.3, 0.4) is 0 Å². The Kier molecular flexibility index (Phi) is 3.64. The first-order chi connectivity index (χ1) is 11.2. The number of amides is 1. The van der Waals surface area contributed by atoms with E-state index < -0.39 is 0 Å². The third kappa shape index (κ3) is 2.45. The summed E-state index contributed by atoms with van der Waals surface area (Å²) in [4.78, 5) is 16.7. The molecule has 1 heterocycles. The lowest BCUT2D eigenvalue weighted by Crippen LogP contribution is -2.52. The molecule has 3 atom stereocenters. The van der Waals surface area contributed by atoms with Crippen LogP contribution in [0.15, 0.2) is 41.3 Å². The highest BCUT2D eigenvalue weighted by molar-refractivity contribution is 6.30. The monoisotopic (exact) mass is 330 g/mol. The number of carbonyl (C=O) groups is 1. The Balaban J connectivity index is 1.38. The van der Waals surface area contributed by atoms with Gasteiger partial charge in [0.15, 0.2) is 6.39 Å². The molecule has 0 radical (unpaired) electrons. The normalized spacial score (nSPS) is 28.4. The van der Waals surface area contributed by atoms with E-state index >= 15 is 0 Å². The topological polar surface area (TPSA) is 55.1 Å². The summed E-state index contributed by atoms with van der Waals surface area (Å²) in [6.07, 6.45) is 7.21. The number of nitrogens with zero attached hydrogens (tertiary/aromatic N) is 1. The zero-order valence-electron chi connectivity index (χ0n) is 12.8. The van der Waals surface area contributed by atoms with Crippen LogP contribution in [-0.4, -0.2) is 17.4 Å². The van der Waals surface area contributed by atoms with Gasteiger partial charge in [-0.3, -0.25) is 4.79 Å². The zero-order valence-corrected chi connectivity index (χ0v) is 13.6. The van der Waals surface area contributed by atoms with Crippen LogP contribution in [0, 0.1) is 11.8 Å². The smallest absolute Gasteiger partial charge is 0.224 e. The summed E-state index contributed by atoms with van der Waals surface area (Å²) >= 11 is 5.99. The van der Waals surface area contributed by atoms with Crippen molar-refractivity contribution in [2.75, 3.05) is 6.54 Å². The zero-order chi connectivity index (χ0) is 15.9. The van der Waals surface area contributed by atoms with E-state index in [9.17, 15) is 4.79 Å². The maximum atomic E-state index is 12.6. The minimum atomic E-state index is -0.110. The van der Waals surface area contributed by atoms with Gasteiger partial charge in [0.05, 0.1) is 12.1 Å². The van der Waals surface area contributed by atoms with E-state index in [4.69, 9.17) is 16.0 Å². The van der Waals surface area contributed by atoms with Crippen LogP contribution in [-0.2, 0) is 16.6 Å². The Morgan fingerprint density at radius 2 is 2.39 bits per heavy atom. The molecule has 5 rings (SSSR count). The molecule has 1 aromatic carbocycles. The van der Waals surface area contributed by atoms with Crippen molar-refractivity contribution in [1.82, 2.24) is 10.3 Å². The molecule has 1 aromatic heterocycles. The number of benzene rings is 1. The average molecular weight is 331 g/mol. The Labute approximate surface area is 140 Å². The second-order valence-corrected chi connectivity index (χ2v) is 7.11. The molecule has 2 bridgehead atoms. The molecule has 0 saturated heterocycles. The van der Waals surface area contributed by atoms with Gasteiger partial charge in [0.1, 0.15) is 5.76 Å². The summed E-state index contributed by atoms with van der Waals surface area (Å²) in [5, 5.41) is 3.83. The molecule has 120 valence electrons. The van der Waals surface area contributed by atoms with Gasteiger partial charge in [0.2, 0.25) is 5.91 Å². The highest BCUT2D eigenvalue weighted by Gasteiger charge is 2.64. The number of nitrogens with one attached hydrogen (secondary N) is 1. The number of carbonyl (C=O) groups excluding carboxylic acids is 1. The Morgan fingerprint density at radius 3 is 3.13 bits per heavy atom. The summed E-state index contributed by atoms with van der Waals surface area (Å²) < 4.78 is 5.52. The lowest BCUT2D eigenvalue weighted by Gasteiger charge is -2.44. The number of hydrogen-bond donors (Lipinski definition) is 1. The number of oxazole rings is 1. The number of hydrogen-bond acceptors (Lipinski definition) is 3. The largest absolute Gasteiger partial charge is 0.448 e. The second-order valence-electron chi connectivity index (χ2n) is 6.67. The molecule has 0 aliphatic heterocycles. The number of aromatic nitrogens is 1. The van der Waals surface area contributed by atoms with Gasteiger partial charge < -0.3 is 9.73 Å². The molecule has 0 spiro atoms. The lowest BCUT2D eigenvalue weighted by molar-refractivity contribution is -0.133. The first kappa shape index (κ1) is 14.8. The molecular weight excluding hydrogens is 312 g/mol. The van der Waals surface area contributed by atoms with Gasteiger partial charge in [-0.05, 0) is 49.3 Å². The molecule has 3 aliphatic rings. The average Bonchev–Trinajstić information content (AvgIpc) is 3.23. The molecule has 23 heavy (non-hydrogen) atoms. The maximum Gasteiger partial charge on any atom is 0.224 e. The summed E-state index contributed by atoms with van der Waals surface area (Å²) in [7, 11) is 0. The molecule has 3 saturated carbocycles. The summed E-state index contributed by atoms with van der Waals surface area (Å²) in [5.74, 6) is 1.56. The van der Waals surface area contributed by atoms with Crippen LogP contribution in [0.25, 0.3) is 0 Å². The van der Waals surface area contributed by atoms with Crippen LogP contribution in [0.4, 0.5) is 0 Å². The predicted molar refractivity (Wildman–Crippen MR) is 87.2 cm³/mol. The molecule has 5 heteroatoms. The van der Waals surface area contributed by atoms with E-state index in [-0.39, 0.29) is 17.2 Å². The van der Waals surface area contributed by atoms with Crippen molar-refractivity contribution in [2.45, 2.75) is 31.1 Å². The molecule has 1 N–H and O–H groups in total. The van der Waals surface area contributed by atoms with Gasteiger partial charge in [-0.15, -0.1) is 0 Å². The van der Waals surface area contributed by atoms with Crippen molar-refractivity contribution in [2.24, 2.45) is 11.8 Å². The van der Waals surface area contributed by atoms with E-state index in [2.05, 4.69) is 10.3 Å². The molecule has 4 nitrogen and oxygen atoms in total. The third-order valence-corrected chi connectivity index (χ3v) is 5.70. The summed E-state index contributed by atoms with van der Waals surface area (Å²) in [5.41, 5.74) is 1.03. The van der Waals surface area contributed by atoms with Crippen LogP contribution in [0.1, 0.15) is 30.6 Å². The van der Waals surface area contributed by atoms with Crippen molar-refractivity contribution in [3.05, 3.63) is 53.2 Å². The lowest BCUT2D eigenvalue weighted by atomic mass is 9.58. The first-order valence-corrected chi connectivity index (χ1v) is 8.48. The van der Waals surface area contributed by atoms with Crippen molar-refractivity contribution in [1.29, 1.82) is 0 Å². The molecule has 3 unspecified atom stereocenters. The van der Waals surface area contributed by atoms with Gasteiger partial charge in [0, 0.05) is 17.0 Å². The highest BCUT2D eigenvalue weighted by atomic mass is 35.5. The predicted octanol–water partition coefficient (Wildman–Crippen LogP) is 3.35. The number of rotatable bonds is 5. The van der Waals surface area contributed by atoms with E-state index in [0.717, 1.165) is 42.0 Å². The third-order valence-electron chi connectivity index (χ3n) is 5.46. The SMILES string of the molecule is O=C(NCCc1cccc(Cl)c1)C1C2CCC1(c1cnco1)C2. The second kappa shape index (κ2) is 5.68. The minimum Gasteiger partial charge on any atom is -0.448 e. The first-order valence-electron chi connectivity index (χ1n) is 8.10. The van der Waals surface area contributed by atoms with E-state index in [1.54, 1.807) is 6.20 Å². The molecular formula is C18H19ClN2O2. The van der Waals surface area contributed by atoms with Gasteiger partial charge in [-0.25, -0.2) is 4.98 Å². The highest BCUT2D eigenvalue weighted by Crippen LogP contribution is 2.63. The fourth-order valence-corrected chi connectivity index (χ4v) is 4.62. The molecule has 1 amide bonds. The maximum absolute atomic E-state index is 12.6. The molecule has 2 aromatic rings. The van der Waals surface area contributed by atoms with Gasteiger partial charge in [-0.2, -0.15) is 0 Å². The number of fused-ring (bicyclic) bond motifs is 1. The van der Waals surface area contributed by atoms with Crippen molar-refractivity contribution >= 4 is 17.5 Å². The van der Waals surface area contributed by atoms with Crippen molar-refractivity contribution < 1.29 is 9.21 Å². The van der Waals surface area contributed by atoms with Gasteiger partial charge in [-0.1, -0.05) is 23.7 Å². The van der Waals surface area contributed by atoms with Crippen LogP contribution < -0.4 is 5.32 Å². The molecule has 3 fully saturated rings. The van der Waals surface area contributed by atoms with Crippen molar-refractivity contribution in [3.63, 3.8) is 0 Å².